The van der Waals surface area contributed by atoms with Gasteiger partial charge < -0.3 is 14.6 Å². The molecule has 1 N–H and O–H groups in total. The number of carbonyl (C=O) groups is 2. The van der Waals surface area contributed by atoms with Crippen LogP contribution in [0.5, 0.6) is 0 Å². The van der Waals surface area contributed by atoms with Gasteiger partial charge in [-0.25, -0.2) is 4.79 Å². The van der Waals surface area contributed by atoms with Crippen molar-refractivity contribution in [2.75, 3.05) is 19.7 Å². The van der Waals surface area contributed by atoms with Crippen molar-refractivity contribution in [1.29, 1.82) is 0 Å². The second-order valence-electron chi connectivity index (χ2n) is 4.60. The van der Waals surface area contributed by atoms with Crippen LogP contribution in [0.2, 0.25) is 5.02 Å². The van der Waals surface area contributed by atoms with E-state index in [0.717, 1.165) is 38.8 Å². The van der Waals surface area contributed by atoms with Gasteiger partial charge in [0.1, 0.15) is 5.69 Å². The van der Waals surface area contributed by atoms with E-state index >= 15 is 0 Å². The van der Waals surface area contributed by atoms with Crippen molar-refractivity contribution in [3.05, 3.63) is 23.0 Å². The molecule has 1 aromatic heterocycles. The van der Waals surface area contributed by atoms with Crippen LogP contribution in [0.25, 0.3) is 0 Å². The maximum Gasteiger partial charge on any atom is 0.355 e. The zero-order chi connectivity index (χ0) is 13.7. The summed E-state index contributed by atoms with van der Waals surface area (Å²) in [7, 11) is 0. The molecule has 0 unspecified atom stereocenters. The van der Waals surface area contributed by atoms with Crippen LogP contribution >= 0.6 is 11.6 Å². The Morgan fingerprint density at radius 3 is 2.53 bits per heavy atom. The minimum absolute atomic E-state index is 0.132. The number of nitrogens with zero attached hydrogens (tertiary/aromatic N) is 1. The second-order valence-corrected chi connectivity index (χ2v) is 5.04. The van der Waals surface area contributed by atoms with E-state index in [-0.39, 0.29) is 18.2 Å². The minimum Gasteiger partial charge on any atom is -0.451 e. The first-order valence-electron chi connectivity index (χ1n) is 6.45. The van der Waals surface area contributed by atoms with Gasteiger partial charge in [0.25, 0.3) is 5.91 Å². The minimum atomic E-state index is -0.560. The average Bonchev–Trinajstić information content (AvgIpc) is 2.68. The van der Waals surface area contributed by atoms with Crippen LogP contribution in [-0.2, 0) is 9.53 Å². The molecule has 1 aliphatic rings. The fourth-order valence-corrected chi connectivity index (χ4v) is 2.27. The Kier molecular flexibility index (Phi) is 4.85. The number of hydrogen-bond donors (Lipinski definition) is 1. The Morgan fingerprint density at radius 2 is 1.95 bits per heavy atom. The molecule has 1 aliphatic heterocycles. The summed E-state index contributed by atoms with van der Waals surface area (Å²) in [5.74, 6) is -0.692. The Bertz CT molecular complexity index is 450. The van der Waals surface area contributed by atoms with Gasteiger partial charge in [-0.05, 0) is 18.9 Å². The Morgan fingerprint density at radius 1 is 1.26 bits per heavy atom. The van der Waals surface area contributed by atoms with Crippen molar-refractivity contribution < 1.29 is 14.3 Å². The third kappa shape index (κ3) is 3.99. The van der Waals surface area contributed by atoms with Gasteiger partial charge in [0.2, 0.25) is 0 Å². The van der Waals surface area contributed by atoms with Crippen LogP contribution < -0.4 is 0 Å². The first kappa shape index (κ1) is 13.9. The highest BCUT2D eigenvalue weighted by Crippen LogP contribution is 2.12. The number of H-pyrrole nitrogens is 1. The quantitative estimate of drug-likeness (QED) is 0.866. The molecular formula is C13H17ClN2O3. The number of aromatic nitrogens is 1. The number of likely N-dealkylation sites (tertiary alicyclic amines) is 1. The molecule has 0 saturated carbocycles. The molecule has 1 fully saturated rings. The Hall–Kier alpha value is -1.49. The van der Waals surface area contributed by atoms with Crippen LogP contribution in [0.3, 0.4) is 0 Å². The predicted molar refractivity (Wildman–Crippen MR) is 71.1 cm³/mol. The Balaban J connectivity index is 1.81. The number of carbonyl (C=O) groups excluding carboxylic acids is 2. The van der Waals surface area contributed by atoms with E-state index in [0.29, 0.717) is 5.02 Å². The highest BCUT2D eigenvalue weighted by Gasteiger charge is 2.18. The van der Waals surface area contributed by atoms with Crippen molar-refractivity contribution in [3.63, 3.8) is 0 Å². The van der Waals surface area contributed by atoms with E-state index in [2.05, 4.69) is 4.98 Å². The number of halogens is 1. The zero-order valence-electron chi connectivity index (χ0n) is 10.7. The van der Waals surface area contributed by atoms with Gasteiger partial charge in [0.15, 0.2) is 6.61 Å². The summed E-state index contributed by atoms with van der Waals surface area (Å²) in [5.41, 5.74) is 0.258. The maximum atomic E-state index is 11.9. The lowest BCUT2D eigenvalue weighted by Crippen LogP contribution is -2.35. The first-order chi connectivity index (χ1) is 9.16. The maximum absolute atomic E-state index is 11.9. The van der Waals surface area contributed by atoms with Crippen molar-refractivity contribution in [2.45, 2.75) is 25.7 Å². The number of nitrogens with one attached hydrogen (secondary N) is 1. The molecule has 0 aliphatic carbocycles. The van der Waals surface area contributed by atoms with Crippen molar-refractivity contribution in [3.8, 4) is 0 Å². The van der Waals surface area contributed by atoms with Gasteiger partial charge in [-0.2, -0.15) is 0 Å². The summed E-state index contributed by atoms with van der Waals surface area (Å²) >= 11 is 5.69. The van der Waals surface area contributed by atoms with E-state index in [1.165, 1.54) is 12.3 Å². The van der Waals surface area contributed by atoms with Gasteiger partial charge in [-0.1, -0.05) is 24.4 Å². The predicted octanol–water partition coefficient (Wildman–Crippen LogP) is 2.23. The lowest BCUT2D eigenvalue weighted by molar-refractivity contribution is -0.134. The molecule has 1 saturated heterocycles. The van der Waals surface area contributed by atoms with Crippen LogP contribution in [-0.4, -0.2) is 41.5 Å². The van der Waals surface area contributed by atoms with Crippen molar-refractivity contribution in [1.82, 2.24) is 9.88 Å². The van der Waals surface area contributed by atoms with Crippen LogP contribution in [0.1, 0.15) is 36.2 Å². The van der Waals surface area contributed by atoms with E-state index < -0.39 is 5.97 Å². The summed E-state index contributed by atoms with van der Waals surface area (Å²) in [6.45, 7) is 1.30. The number of rotatable bonds is 3. The topological polar surface area (TPSA) is 62.4 Å². The van der Waals surface area contributed by atoms with E-state index in [4.69, 9.17) is 16.3 Å². The summed E-state index contributed by atoms with van der Waals surface area (Å²) in [6, 6.07) is 1.47. The zero-order valence-corrected chi connectivity index (χ0v) is 11.4. The molecule has 1 aromatic rings. The molecule has 0 aromatic carbocycles. The van der Waals surface area contributed by atoms with E-state index in [1.54, 1.807) is 4.90 Å². The molecule has 6 heteroatoms. The summed E-state index contributed by atoms with van der Waals surface area (Å²) in [4.78, 5) is 28.0. The fraction of sp³-hybridized carbons (Fsp3) is 0.538. The smallest absolute Gasteiger partial charge is 0.355 e. The molecule has 0 atom stereocenters. The van der Waals surface area contributed by atoms with E-state index in [1.807, 2.05) is 0 Å². The molecule has 5 nitrogen and oxygen atoms in total. The highest BCUT2D eigenvalue weighted by atomic mass is 35.5. The van der Waals surface area contributed by atoms with Crippen LogP contribution in [0.4, 0.5) is 0 Å². The number of hydrogen-bond acceptors (Lipinski definition) is 3. The SMILES string of the molecule is O=C(OCC(=O)N1CCCCCC1)c1cc(Cl)c[nH]1. The Labute approximate surface area is 116 Å². The molecule has 104 valence electrons. The van der Waals surface area contributed by atoms with Crippen molar-refractivity contribution in [2.24, 2.45) is 0 Å². The highest BCUT2D eigenvalue weighted by molar-refractivity contribution is 6.30. The fourth-order valence-electron chi connectivity index (χ4n) is 2.10. The van der Waals surface area contributed by atoms with Gasteiger partial charge in [-0.15, -0.1) is 0 Å². The number of amides is 1. The standard InChI is InChI=1S/C13H17ClN2O3/c14-10-7-11(15-8-10)13(18)19-9-12(17)16-5-3-1-2-4-6-16/h7-8,15H,1-6,9H2. The first-order valence-corrected chi connectivity index (χ1v) is 6.83. The third-order valence-corrected chi connectivity index (χ3v) is 3.37. The third-order valence-electron chi connectivity index (χ3n) is 3.15. The molecule has 2 rings (SSSR count). The van der Waals surface area contributed by atoms with Gasteiger partial charge in [-0.3, -0.25) is 4.79 Å². The molecular weight excluding hydrogens is 268 g/mol. The molecule has 19 heavy (non-hydrogen) atoms. The van der Waals surface area contributed by atoms with Crippen molar-refractivity contribution >= 4 is 23.5 Å². The molecule has 0 radical (unpaired) electrons. The largest absolute Gasteiger partial charge is 0.451 e. The number of esters is 1. The van der Waals surface area contributed by atoms with Gasteiger partial charge in [0, 0.05) is 19.3 Å². The van der Waals surface area contributed by atoms with Crippen LogP contribution in [0.15, 0.2) is 12.3 Å². The molecule has 1 amide bonds. The second kappa shape index (κ2) is 6.61. The molecule has 2 heterocycles. The number of ether oxygens (including phenoxy) is 1. The van der Waals surface area contributed by atoms with Crippen LogP contribution in [0, 0.1) is 0 Å². The monoisotopic (exact) mass is 284 g/mol. The molecule has 0 spiro atoms. The summed E-state index contributed by atoms with van der Waals surface area (Å²) < 4.78 is 4.98. The number of aromatic amines is 1. The van der Waals surface area contributed by atoms with Gasteiger partial charge in [0.05, 0.1) is 5.02 Å². The lowest BCUT2D eigenvalue weighted by Gasteiger charge is -2.19. The average molecular weight is 285 g/mol. The summed E-state index contributed by atoms with van der Waals surface area (Å²) in [5, 5.41) is 0.436. The lowest BCUT2D eigenvalue weighted by atomic mass is 10.2. The van der Waals surface area contributed by atoms with Gasteiger partial charge >= 0.3 is 5.97 Å². The summed E-state index contributed by atoms with van der Waals surface area (Å²) in [6.07, 6.45) is 5.85. The molecule has 0 bridgehead atoms. The van der Waals surface area contributed by atoms with E-state index in [9.17, 15) is 9.59 Å². The normalized spacial score (nSPS) is 15.9.